The lowest BCUT2D eigenvalue weighted by Crippen LogP contribution is -2.28. The SMILES string of the molecule is CC(C)n1ccn(-c2ccccc2C(C)(C)CC(=O)O)c1=O. The van der Waals surface area contributed by atoms with Crippen molar-refractivity contribution in [2.45, 2.75) is 45.6 Å². The minimum atomic E-state index is -0.855. The van der Waals surface area contributed by atoms with Crippen LogP contribution in [0.15, 0.2) is 41.5 Å². The molecule has 0 fully saturated rings. The van der Waals surface area contributed by atoms with Crippen molar-refractivity contribution in [2.24, 2.45) is 0 Å². The minimum absolute atomic E-state index is 0.00362. The van der Waals surface area contributed by atoms with Gasteiger partial charge >= 0.3 is 11.7 Å². The molecule has 0 radical (unpaired) electrons. The molecular weight excluding hydrogens is 280 g/mol. The van der Waals surface area contributed by atoms with Crippen LogP contribution in [0.25, 0.3) is 5.69 Å². The highest BCUT2D eigenvalue weighted by Crippen LogP contribution is 2.31. The summed E-state index contributed by atoms with van der Waals surface area (Å²) in [6.45, 7) is 7.66. The van der Waals surface area contributed by atoms with Gasteiger partial charge in [-0.05, 0) is 25.5 Å². The number of aromatic nitrogens is 2. The van der Waals surface area contributed by atoms with Crippen LogP contribution in [0, 0.1) is 0 Å². The van der Waals surface area contributed by atoms with Crippen LogP contribution in [0.3, 0.4) is 0 Å². The molecule has 1 aromatic heterocycles. The summed E-state index contributed by atoms with van der Waals surface area (Å²) in [5.74, 6) is -0.855. The van der Waals surface area contributed by atoms with Gasteiger partial charge in [0.15, 0.2) is 0 Å². The predicted molar refractivity (Wildman–Crippen MR) is 85.7 cm³/mol. The highest BCUT2D eigenvalue weighted by atomic mass is 16.4. The van der Waals surface area contributed by atoms with Gasteiger partial charge in [0.25, 0.3) is 0 Å². The van der Waals surface area contributed by atoms with E-state index in [2.05, 4.69) is 0 Å². The fourth-order valence-electron chi connectivity index (χ4n) is 2.70. The van der Waals surface area contributed by atoms with Crippen LogP contribution in [-0.2, 0) is 10.2 Å². The lowest BCUT2D eigenvalue weighted by Gasteiger charge is -2.26. The van der Waals surface area contributed by atoms with E-state index in [4.69, 9.17) is 5.11 Å². The van der Waals surface area contributed by atoms with Crippen LogP contribution in [-0.4, -0.2) is 20.2 Å². The molecule has 0 bridgehead atoms. The molecule has 0 saturated carbocycles. The van der Waals surface area contributed by atoms with Gasteiger partial charge in [0.1, 0.15) is 0 Å². The summed E-state index contributed by atoms with van der Waals surface area (Å²) in [6.07, 6.45) is 3.50. The maximum Gasteiger partial charge on any atom is 0.332 e. The topological polar surface area (TPSA) is 64.2 Å². The van der Waals surface area contributed by atoms with Crippen molar-refractivity contribution in [1.82, 2.24) is 9.13 Å². The van der Waals surface area contributed by atoms with Crippen molar-refractivity contribution >= 4 is 5.97 Å². The first-order chi connectivity index (χ1) is 10.2. The zero-order valence-corrected chi connectivity index (χ0v) is 13.4. The van der Waals surface area contributed by atoms with Gasteiger partial charge in [0, 0.05) is 23.9 Å². The summed E-state index contributed by atoms with van der Waals surface area (Å²) < 4.78 is 3.24. The molecule has 5 nitrogen and oxygen atoms in total. The van der Waals surface area contributed by atoms with Gasteiger partial charge in [-0.3, -0.25) is 13.9 Å². The number of imidazole rings is 1. The van der Waals surface area contributed by atoms with Crippen molar-refractivity contribution in [3.63, 3.8) is 0 Å². The largest absolute Gasteiger partial charge is 0.481 e. The fraction of sp³-hybridized carbons (Fsp3) is 0.412. The van der Waals surface area contributed by atoms with Gasteiger partial charge in [-0.2, -0.15) is 0 Å². The molecule has 0 aliphatic rings. The predicted octanol–water partition coefficient (Wildman–Crippen LogP) is 2.97. The first-order valence-corrected chi connectivity index (χ1v) is 7.35. The average molecular weight is 302 g/mol. The van der Waals surface area contributed by atoms with E-state index < -0.39 is 11.4 Å². The monoisotopic (exact) mass is 302 g/mol. The Morgan fingerprint density at radius 3 is 2.41 bits per heavy atom. The van der Waals surface area contributed by atoms with Crippen LogP contribution >= 0.6 is 0 Å². The summed E-state index contributed by atoms with van der Waals surface area (Å²) in [4.78, 5) is 23.6. The summed E-state index contributed by atoms with van der Waals surface area (Å²) in [7, 11) is 0. The third kappa shape index (κ3) is 2.98. The molecule has 118 valence electrons. The molecule has 1 N–H and O–H groups in total. The summed E-state index contributed by atoms with van der Waals surface area (Å²) in [6, 6.07) is 7.54. The Hall–Kier alpha value is -2.30. The van der Waals surface area contributed by atoms with E-state index in [-0.39, 0.29) is 18.2 Å². The first-order valence-electron chi connectivity index (χ1n) is 7.35. The number of hydrogen-bond donors (Lipinski definition) is 1. The van der Waals surface area contributed by atoms with Gasteiger partial charge in [-0.25, -0.2) is 4.79 Å². The molecular formula is C17H22N2O3. The van der Waals surface area contributed by atoms with Crippen LogP contribution in [0.4, 0.5) is 0 Å². The third-order valence-corrected chi connectivity index (χ3v) is 3.85. The second-order valence-electron chi connectivity index (χ2n) is 6.42. The molecule has 0 aliphatic carbocycles. The Balaban J connectivity index is 2.59. The average Bonchev–Trinajstić information content (AvgIpc) is 2.79. The number of benzene rings is 1. The van der Waals surface area contributed by atoms with Gasteiger partial charge in [0.05, 0.1) is 12.1 Å². The number of aliphatic carboxylic acids is 1. The van der Waals surface area contributed by atoms with Crippen LogP contribution in [0.1, 0.15) is 45.7 Å². The van der Waals surface area contributed by atoms with E-state index in [9.17, 15) is 9.59 Å². The Morgan fingerprint density at radius 2 is 1.86 bits per heavy atom. The summed E-state index contributed by atoms with van der Waals surface area (Å²) >= 11 is 0. The normalized spacial score (nSPS) is 11.9. The first kappa shape index (κ1) is 16.1. The molecule has 0 amide bonds. The number of carboxylic acids is 1. The highest BCUT2D eigenvalue weighted by Gasteiger charge is 2.27. The molecule has 5 heteroatoms. The van der Waals surface area contributed by atoms with Gasteiger partial charge in [-0.1, -0.05) is 32.0 Å². The molecule has 0 saturated heterocycles. The summed E-state index contributed by atoms with van der Waals surface area (Å²) in [5.41, 5.74) is 0.898. The van der Waals surface area contributed by atoms with E-state index >= 15 is 0 Å². The fourth-order valence-corrected chi connectivity index (χ4v) is 2.70. The minimum Gasteiger partial charge on any atom is -0.481 e. The van der Waals surface area contributed by atoms with Gasteiger partial charge < -0.3 is 5.11 Å². The highest BCUT2D eigenvalue weighted by molar-refractivity contribution is 5.69. The Kier molecular flexibility index (Phi) is 4.26. The lowest BCUT2D eigenvalue weighted by molar-refractivity contribution is -0.138. The molecule has 2 rings (SSSR count). The maximum atomic E-state index is 12.5. The standard InChI is InChI=1S/C17H22N2O3/c1-12(2)18-9-10-19(16(18)22)14-8-6-5-7-13(14)17(3,4)11-15(20)21/h5-10,12H,11H2,1-4H3,(H,20,21). The lowest BCUT2D eigenvalue weighted by atomic mass is 9.80. The molecule has 0 aliphatic heterocycles. The molecule has 1 heterocycles. The second kappa shape index (κ2) is 5.83. The van der Waals surface area contributed by atoms with E-state index in [1.807, 2.05) is 52.0 Å². The van der Waals surface area contributed by atoms with Crippen molar-refractivity contribution in [2.75, 3.05) is 0 Å². The van der Waals surface area contributed by atoms with Crippen molar-refractivity contribution in [3.05, 3.63) is 52.7 Å². The summed E-state index contributed by atoms with van der Waals surface area (Å²) in [5, 5.41) is 9.13. The van der Waals surface area contributed by atoms with Crippen LogP contribution in [0.2, 0.25) is 0 Å². The molecule has 0 spiro atoms. The second-order valence-corrected chi connectivity index (χ2v) is 6.42. The van der Waals surface area contributed by atoms with E-state index in [1.54, 1.807) is 21.5 Å². The van der Waals surface area contributed by atoms with Crippen molar-refractivity contribution < 1.29 is 9.90 Å². The van der Waals surface area contributed by atoms with E-state index in [0.29, 0.717) is 0 Å². The molecule has 0 atom stereocenters. The Bertz CT molecular complexity index is 738. The quantitative estimate of drug-likeness (QED) is 0.923. The van der Waals surface area contributed by atoms with Crippen molar-refractivity contribution in [1.29, 1.82) is 0 Å². The number of carbonyl (C=O) groups is 1. The zero-order chi connectivity index (χ0) is 16.5. The third-order valence-electron chi connectivity index (χ3n) is 3.85. The number of rotatable bonds is 5. The number of hydrogen-bond acceptors (Lipinski definition) is 2. The van der Waals surface area contributed by atoms with Crippen LogP contribution in [0.5, 0.6) is 0 Å². The van der Waals surface area contributed by atoms with Crippen molar-refractivity contribution in [3.8, 4) is 5.69 Å². The number of carboxylic acid groups (broad SMARTS) is 1. The number of nitrogens with zero attached hydrogens (tertiary/aromatic N) is 2. The maximum absolute atomic E-state index is 12.5. The van der Waals surface area contributed by atoms with Gasteiger partial charge in [-0.15, -0.1) is 0 Å². The number of para-hydroxylation sites is 1. The van der Waals surface area contributed by atoms with Crippen LogP contribution < -0.4 is 5.69 Å². The van der Waals surface area contributed by atoms with E-state index in [0.717, 1.165) is 11.3 Å². The Labute approximate surface area is 129 Å². The molecule has 2 aromatic rings. The molecule has 1 aromatic carbocycles. The molecule has 22 heavy (non-hydrogen) atoms. The Morgan fingerprint density at radius 1 is 1.23 bits per heavy atom. The smallest absolute Gasteiger partial charge is 0.332 e. The van der Waals surface area contributed by atoms with Gasteiger partial charge in [0.2, 0.25) is 0 Å². The molecule has 0 unspecified atom stereocenters. The van der Waals surface area contributed by atoms with E-state index in [1.165, 1.54) is 0 Å². The zero-order valence-electron chi connectivity index (χ0n) is 13.4.